The van der Waals surface area contributed by atoms with Gasteiger partial charge in [-0.15, -0.1) is 0 Å². The van der Waals surface area contributed by atoms with Gasteiger partial charge in [0, 0.05) is 32.5 Å². The second-order valence-corrected chi connectivity index (χ2v) is 4.64. The van der Waals surface area contributed by atoms with Crippen LogP contribution in [0.3, 0.4) is 0 Å². The summed E-state index contributed by atoms with van der Waals surface area (Å²) in [5, 5.41) is 7.16. The summed E-state index contributed by atoms with van der Waals surface area (Å²) < 4.78 is 7.02. The van der Waals surface area contributed by atoms with E-state index in [1.807, 2.05) is 20.3 Å². The molecule has 100 valence electrons. The highest BCUT2D eigenvalue weighted by Gasteiger charge is 2.29. The van der Waals surface area contributed by atoms with E-state index < -0.39 is 0 Å². The summed E-state index contributed by atoms with van der Waals surface area (Å²) in [6.07, 6.45) is 4.49. The lowest BCUT2D eigenvalue weighted by atomic mass is 10.1. The fourth-order valence-corrected chi connectivity index (χ4v) is 2.23. The van der Waals surface area contributed by atoms with E-state index in [4.69, 9.17) is 4.74 Å². The minimum atomic E-state index is -0.343. The number of amides is 1. The standard InChI is InChI=1S/C12H20N4O2/c1-13-11(9-6-14-15(2)7-9)12(17)16(3)10-4-5-18-8-10/h6-7,10-11,13H,4-5,8H2,1-3H3. The molecule has 1 aliphatic heterocycles. The van der Waals surface area contributed by atoms with Crippen LogP contribution in [0.15, 0.2) is 12.4 Å². The third kappa shape index (κ3) is 2.54. The summed E-state index contributed by atoms with van der Waals surface area (Å²) in [4.78, 5) is 14.2. The number of nitrogens with zero attached hydrogens (tertiary/aromatic N) is 3. The molecule has 6 nitrogen and oxygen atoms in total. The molecule has 0 aliphatic carbocycles. The largest absolute Gasteiger partial charge is 0.379 e. The Balaban J connectivity index is 2.09. The molecule has 18 heavy (non-hydrogen) atoms. The monoisotopic (exact) mass is 252 g/mol. The zero-order valence-electron chi connectivity index (χ0n) is 11.1. The molecule has 0 bridgehead atoms. The molecule has 1 saturated heterocycles. The molecule has 1 amide bonds. The third-order valence-electron chi connectivity index (χ3n) is 3.39. The fourth-order valence-electron chi connectivity index (χ4n) is 2.23. The van der Waals surface area contributed by atoms with Gasteiger partial charge in [0.25, 0.3) is 0 Å². The van der Waals surface area contributed by atoms with Crippen molar-refractivity contribution < 1.29 is 9.53 Å². The fraction of sp³-hybridized carbons (Fsp3) is 0.667. The SMILES string of the molecule is CNC(C(=O)N(C)C1CCOC1)c1cnn(C)c1. The normalized spacial score (nSPS) is 20.9. The lowest BCUT2D eigenvalue weighted by molar-refractivity contribution is -0.134. The molecule has 2 atom stereocenters. The van der Waals surface area contributed by atoms with E-state index >= 15 is 0 Å². The van der Waals surface area contributed by atoms with E-state index in [0.717, 1.165) is 18.6 Å². The number of nitrogens with one attached hydrogen (secondary N) is 1. The molecule has 0 radical (unpaired) electrons. The molecule has 2 heterocycles. The van der Waals surface area contributed by atoms with Crippen molar-refractivity contribution in [2.45, 2.75) is 18.5 Å². The molecule has 0 spiro atoms. The maximum absolute atomic E-state index is 12.4. The summed E-state index contributed by atoms with van der Waals surface area (Å²) in [5.41, 5.74) is 0.885. The first kappa shape index (κ1) is 13.0. The number of ether oxygens (including phenoxy) is 1. The Bertz CT molecular complexity index is 412. The van der Waals surface area contributed by atoms with Crippen molar-refractivity contribution in [2.75, 3.05) is 27.3 Å². The average molecular weight is 252 g/mol. The van der Waals surface area contributed by atoms with Crippen molar-refractivity contribution in [1.82, 2.24) is 20.0 Å². The van der Waals surface area contributed by atoms with Crippen LogP contribution in [0.25, 0.3) is 0 Å². The molecule has 2 rings (SSSR count). The summed E-state index contributed by atoms with van der Waals surface area (Å²) in [6, 6.07) is -0.158. The Kier molecular flexibility index (Phi) is 3.98. The van der Waals surface area contributed by atoms with Crippen LogP contribution in [0.1, 0.15) is 18.0 Å². The number of hydrogen-bond acceptors (Lipinski definition) is 4. The Labute approximate surface area is 107 Å². The molecular formula is C12H20N4O2. The minimum Gasteiger partial charge on any atom is -0.379 e. The molecule has 1 aromatic rings. The smallest absolute Gasteiger partial charge is 0.244 e. The topological polar surface area (TPSA) is 59.4 Å². The minimum absolute atomic E-state index is 0.0565. The Morgan fingerprint density at radius 1 is 1.72 bits per heavy atom. The summed E-state index contributed by atoms with van der Waals surface area (Å²) in [5.74, 6) is 0.0565. The number of likely N-dealkylation sites (N-methyl/N-ethyl adjacent to an activating group) is 2. The summed E-state index contributed by atoms with van der Waals surface area (Å²) >= 11 is 0. The quantitative estimate of drug-likeness (QED) is 0.815. The van der Waals surface area contributed by atoms with Gasteiger partial charge in [-0.1, -0.05) is 0 Å². The van der Waals surface area contributed by atoms with Crippen LogP contribution in [0.5, 0.6) is 0 Å². The highest BCUT2D eigenvalue weighted by molar-refractivity contribution is 5.83. The second-order valence-electron chi connectivity index (χ2n) is 4.64. The van der Waals surface area contributed by atoms with Crippen molar-refractivity contribution in [1.29, 1.82) is 0 Å². The van der Waals surface area contributed by atoms with Crippen LogP contribution in [0.4, 0.5) is 0 Å². The van der Waals surface area contributed by atoms with E-state index in [1.54, 1.807) is 22.8 Å². The molecule has 1 aliphatic rings. The van der Waals surface area contributed by atoms with Crippen molar-refractivity contribution in [3.63, 3.8) is 0 Å². The van der Waals surface area contributed by atoms with E-state index in [9.17, 15) is 4.79 Å². The van der Waals surface area contributed by atoms with Crippen molar-refractivity contribution >= 4 is 5.91 Å². The number of aryl methyl sites for hydroxylation is 1. The molecule has 2 unspecified atom stereocenters. The predicted molar refractivity (Wildman–Crippen MR) is 67.0 cm³/mol. The van der Waals surface area contributed by atoms with Gasteiger partial charge >= 0.3 is 0 Å². The lowest BCUT2D eigenvalue weighted by Gasteiger charge is -2.27. The van der Waals surface area contributed by atoms with Gasteiger partial charge in [0.1, 0.15) is 6.04 Å². The first-order valence-electron chi connectivity index (χ1n) is 6.13. The van der Waals surface area contributed by atoms with Crippen LogP contribution in [0.2, 0.25) is 0 Å². The van der Waals surface area contributed by atoms with E-state index in [2.05, 4.69) is 10.4 Å². The zero-order valence-corrected chi connectivity index (χ0v) is 11.1. The number of rotatable bonds is 4. The van der Waals surface area contributed by atoms with Crippen LogP contribution in [-0.4, -0.2) is 53.9 Å². The number of hydrogen-bond donors (Lipinski definition) is 1. The summed E-state index contributed by atoms with van der Waals surface area (Å²) in [7, 11) is 5.46. The predicted octanol–water partition coefficient (Wildman–Crippen LogP) is -0.0721. The van der Waals surface area contributed by atoms with Gasteiger partial charge in [0.2, 0.25) is 5.91 Å². The van der Waals surface area contributed by atoms with E-state index in [1.165, 1.54) is 0 Å². The second kappa shape index (κ2) is 5.49. The molecule has 0 aromatic carbocycles. The molecule has 1 fully saturated rings. The number of aromatic nitrogens is 2. The first-order chi connectivity index (χ1) is 8.63. The third-order valence-corrected chi connectivity index (χ3v) is 3.39. The van der Waals surface area contributed by atoms with Gasteiger partial charge in [0.15, 0.2) is 0 Å². The molecular weight excluding hydrogens is 232 g/mol. The molecule has 1 aromatic heterocycles. The maximum atomic E-state index is 12.4. The highest BCUT2D eigenvalue weighted by atomic mass is 16.5. The van der Waals surface area contributed by atoms with Gasteiger partial charge in [0.05, 0.1) is 18.8 Å². The average Bonchev–Trinajstić information content (AvgIpc) is 3.00. The Morgan fingerprint density at radius 3 is 3.00 bits per heavy atom. The van der Waals surface area contributed by atoms with Gasteiger partial charge in [-0.3, -0.25) is 9.48 Å². The van der Waals surface area contributed by atoms with Crippen molar-refractivity contribution in [3.8, 4) is 0 Å². The molecule has 6 heteroatoms. The van der Waals surface area contributed by atoms with Gasteiger partial charge in [-0.2, -0.15) is 5.10 Å². The zero-order chi connectivity index (χ0) is 13.1. The maximum Gasteiger partial charge on any atom is 0.244 e. The number of carbonyl (C=O) groups is 1. The highest BCUT2D eigenvalue weighted by Crippen LogP contribution is 2.18. The van der Waals surface area contributed by atoms with Crippen LogP contribution >= 0.6 is 0 Å². The van der Waals surface area contributed by atoms with Gasteiger partial charge in [-0.25, -0.2) is 0 Å². The Morgan fingerprint density at radius 2 is 2.50 bits per heavy atom. The van der Waals surface area contributed by atoms with E-state index in [0.29, 0.717) is 6.61 Å². The van der Waals surface area contributed by atoms with E-state index in [-0.39, 0.29) is 18.0 Å². The molecule has 0 saturated carbocycles. The summed E-state index contributed by atoms with van der Waals surface area (Å²) in [6.45, 7) is 1.37. The van der Waals surface area contributed by atoms with Gasteiger partial charge in [-0.05, 0) is 13.5 Å². The van der Waals surface area contributed by atoms with Crippen molar-refractivity contribution in [2.24, 2.45) is 7.05 Å². The molecule has 1 N–H and O–H groups in total. The number of carbonyl (C=O) groups excluding carboxylic acids is 1. The van der Waals surface area contributed by atoms with Crippen molar-refractivity contribution in [3.05, 3.63) is 18.0 Å². The van der Waals surface area contributed by atoms with Crippen LogP contribution in [0, 0.1) is 0 Å². The van der Waals surface area contributed by atoms with Crippen LogP contribution < -0.4 is 5.32 Å². The van der Waals surface area contributed by atoms with Gasteiger partial charge < -0.3 is 15.0 Å². The Hall–Kier alpha value is -1.40. The first-order valence-corrected chi connectivity index (χ1v) is 6.13. The lowest BCUT2D eigenvalue weighted by Crippen LogP contribution is -2.43. The van der Waals surface area contributed by atoms with Crippen LogP contribution in [-0.2, 0) is 16.6 Å².